The van der Waals surface area contributed by atoms with Crippen molar-refractivity contribution in [2.45, 2.75) is 19.3 Å². The van der Waals surface area contributed by atoms with Gasteiger partial charge in [-0.05, 0) is 42.4 Å². The monoisotopic (exact) mass is 251 g/mol. The van der Waals surface area contributed by atoms with Crippen molar-refractivity contribution >= 4 is 6.08 Å². The zero-order valence-corrected chi connectivity index (χ0v) is 11.5. The third-order valence-corrected chi connectivity index (χ3v) is 4.01. The van der Waals surface area contributed by atoms with Gasteiger partial charge in [0.1, 0.15) is 0 Å². The van der Waals surface area contributed by atoms with Crippen LogP contribution in [0, 0.1) is 5.92 Å². The van der Waals surface area contributed by atoms with Gasteiger partial charge in [-0.1, -0.05) is 48.6 Å². The van der Waals surface area contributed by atoms with Crippen LogP contribution in [0.4, 0.5) is 0 Å². The standard InChI is InChI=1S/C18H21N/c1-19(18-9-3-2-4-10-18)14-15-11-12-16-7-5-6-8-17(16)13-15/h3,5-12,15H,2,4,13-14H2,1H3. The fourth-order valence-corrected chi connectivity index (χ4v) is 2.94. The summed E-state index contributed by atoms with van der Waals surface area (Å²) in [6.45, 7) is 1.10. The molecule has 0 saturated heterocycles. The van der Waals surface area contributed by atoms with Crippen LogP contribution in [-0.4, -0.2) is 18.5 Å². The molecule has 19 heavy (non-hydrogen) atoms. The number of rotatable bonds is 3. The summed E-state index contributed by atoms with van der Waals surface area (Å²) in [6.07, 6.45) is 15.1. The zero-order valence-electron chi connectivity index (χ0n) is 11.5. The summed E-state index contributed by atoms with van der Waals surface area (Å²) in [4.78, 5) is 2.39. The summed E-state index contributed by atoms with van der Waals surface area (Å²) >= 11 is 0. The number of benzene rings is 1. The Hall–Kier alpha value is -1.76. The van der Waals surface area contributed by atoms with E-state index in [1.165, 1.54) is 29.7 Å². The van der Waals surface area contributed by atoms with Crippen LogP contribution < -0.4 is 0 Å². The Labute approximate surface area is 115 Å². The second-order valence-corrected chi connectivity index (χ2v) is 5.51. The van der Waals surface area contributed by atoms with Crippen LogP contribution in [0.1, 0.15) is 24.0 Å². The molecule has 0 aliphatic heterocycles. The van der Waals surface area contributed by atoms with Gasteiger partial charge in [0, 0.05) is 19.3 Å². The van der Waals surface area contributed by atoms with Crippen molar-refractivity contribution in [3.63, 3.8) is 0 Å². The Kier molecular flexibility index (Phi) is 3.54. The highest BCUT2D eigenvalue weighted by atomic mass is 15.1. The predicted octanol–water partition coefficient (Wildman–Crippen LogP) is 4.04. The van der Waals surface area contributed by atoms with E-state index in [0.29, 0.717) is 5.92 Å². The lowest BCUT2D eigenvalue weighted by molar-refractivity contribution is 0.372. The van der Waals surface area contributed by atoms with Crippen molar-refractivity contribution in [3.05, 3.63) is 65.4 Å². The van der Waals surface area contributed by atoms with E-state index in [-0.39, 0.29) is 0 Å². The third-order valence-electron chi connectivity index (χ3n) is 4.01. The Balaban J connectivity index is 1.66. The molecule has 2 aliphatic carbocycles. The van der Waals surface area contributed by atoms with Crippen LogP contribution >= 0.6 is 0 Å². The van der Waals surface area contributed by atoms with Crippen molar-refractivity contribution in [1.29, 1.82) is 0 Å². The van der Waals surface area contributed by atoms with E-state index < -0.39 is 0 Å². The van der Waals surface area contributed by atoms with Crippen LogP contribution in [0.2, 0.25) is 0 Å². The average Bonchev–Trinajstić information content (AvgIpc) is 2.48. The molecule has 0 heterocycles. The number of likely N-dealkylation sites (N-methyl/N-ethyl adjacent to an activating group) is 1. The summed E-state index contributed by atoms with van der Waals surface area (Å²) in [5.41, 5.74) is 4.24. The molecule has 1 aromatic carbocycles. The van der Waals surface area contributed by atoms with Crippen LogP contribution in [0.15, 0.2) is 54.3 Å². The molecule has 3 rings (SSSR count). The Morgan fingerprint density at radius 2 is 2.05 bits per heavy atom. The summed E-state index contributed by atoms with van der Waals surface area (Å²) < 4.78 is 0. The lowest BCUT2D eigenvalue weighted by atomic mass is 9.89. The molecule has 0 aromatic heterocycles. The van der Waals surface area contributed by atoms with Gasteiger partial charge in [-0.15, -0.1) is 0 Å². The van der Waals surface area contributed by atoms with Crippen molar-refractivity contribution < 1.29 is 0 Å². The van der Waals surface area contributed by atoms with Gasteiger partial charge in [-0.3, -0.25) is 0 Å². The summed E-state index contributed by atoms with van der Waals surface area (Å²) in [6, 6.07) is 8.72. The van der Waals surface area contributed by atoms with E-state index >= 15 is 0 Å². The molecule has 0 amide bonds. The van der Waals surface area contributed by atoms with Crippen molar-refractivity contribution in [1.82, 2.24) is 4.90 Å². The van der Waals surface area contributed by atoms with Gasteiger partial charge >= 0.3 is 0 Å². The zero-order chi connectivity index (χ0) is 13.1. The second-order valence-electron chi connectivity index (χ2n) is 5.51. The average molecular weight is 251 g/mol. The van der Waals surface area contributed by atoms with Crippen LogP contribution in [0.25, 0.3) is 6.08 Å². The van der Waals surface area contributed by atoms with Crippen molar-refractivity contribution in [2.24, 2.45) is 5.92 Å². The highest BCUT2D eigenvalue weighted by Crippen LogP contribution is 2.24. The van der Waals surface area contributed by atoms with Gasteiger partial charge in [0.25, 0.3) is 0 Å². The van der Waals surface area contributed by atoms with E-state index in [0.717, 1.165) is 13.0 Å². The molecule has 1 aromatic rings. The largest absolute Gasteiger partial charge is 0.374 e. The minimum absolute atomic E-state index is 0.621. The van der Waals surface area contributed by atoms with Crippen LogP contribution in [-0.2, 0) is 6.42 Å². The smallest absolute Gasteiger partial charge is 0.0320 e. The molecule has 1 atom stereocenters. The molecule has 0 N–H and O–H groups in total. The molecule has 0 spiro atoms. The number of allylic oxidation sites excluding steroid dienone is 3. The molecule has 0 saturated carbocycles. The van der Waals surface area contributed by atoms with Gasteiger partial charge in [0.15, 0.2) is 0 Å². The van der Waals surface area contributed by atoms with Gasteiger partial charge < -0.3 is 4.90 Å². The van der Waals surface area contributed by atoms with E-state index in [4.69, 9.17) is 0 Å². The van der Waals surface area contributed by atoms with E-state index in [9.17, 15) is 0 Å². The van der Waals surface area contributed by atoms with E-state index in [1.807, 2.05) is 0 Å². The first kappa shape index (κ1) is 12.3. The Morgan fingerprint density at radius 3 is 2.89 bits per heavy atom. The fraction of sp³-hybridized carbons (Fsp3) is 0.333. The number of nitrogens with zero attached hydrogens (tertiary/aromatic N) is 1. The van der Waals surface area contributed by atoms with Gasteiger partial charge in [0.2, 0.25) is 0 Å². The molecule has 1 nitrogen and oxygen atoms in total. The van der Waals surface area contributed by atoms with E-state index in [2.05, 4.69) is 66.6 Å². The predicted molar refractivity (Wildman–Crippen MR) is 81.8 cm³/mol. The summed E-state index contributed by atoms with van der Waals surface area (Å²) in [5, 5.41) is 0. The maximum Gasteiger partial charge on any atom is 0.0320 e. The van der Waals surface area contributed by atoms with Gasteiger partial charge in [0.05, 0.1) is 0 Å². The van der Waals surface area contributed by atoms with Gasteiger partial charge in [-0.25, -0.2) is 0 Å². The second kappa shape index (κ2) is 5.48. The Bertz CT molecular complexity index is 536. The minimum Gasteiger partial charge on any atom is -0.374 e. The van der Waals surface area contributed by atoms with Crippen molar-refractivity contribution in [3.8, 4) is 0 Å². The molecule has 1 heteroatoms. The molecule has 0 radical (unpaired) electrons. The molecular formula is C18H21N. The van der Waals surface area contributed by atoms with Crippen molar-refractivity contribution in [2.75, 3.05) is 13.6 Å². The first-order chi connectivity index (χ1) is 9.33. The normalized spacial score (nSPS) is 20.9. The number of hydrogen-bond acceptors (Lipinski definition) is 1. The highest BCUT2D eigenvalue weighted by Gasteiger charge is 2.16. The van der Waals surface area contributed by atoms with E-state index in [1.54, 1.807) is 0 Å². The molecule has 98 valence electrons. The fourth-order valence-electron chi connectivity index (χ4n) is 2.94. The number of fused-ring (bicyclic) bond motifs is 1. The quantitative estimate of drug-likeness (QED) is 0.783. The minimum atomic E-state index is 0.621. The maximum atomic E-state index is 2.39. The molecule has 1 unspecified atom stereocenters. The molecule has 0 bridgehead atoms. The number of hydrogen-bond donors (Lipinski definition) is 0. The maximum absolute atomic E-state index is 2.39. The summed E-state index contributed by atoms with van der Waals surface area (Å²) in [7, 11) is 2.20. The highest BCUT2D eigenvalue weighted by molar-refractivity contribution is 5.56. The molecule has 2 aliphatic rings. The topological polar surface area (TPSA) is 3.24 Å². The molecular weight excluding hydrogens is 230 g/mol. The first-order valence-electron chi connectivity index (χ1n) is 7.17. The first-order valence-corrected chi connectivity index (χ1v) is 7.17. The van der Waals surface area contributed by atoms with Crippen LogP contribution in [0.5, 0.6) is 0 Å². The van der Waals surface area contributed by atoms with Gasteiger partial charge in [-0.2, -0.15) is 0 Å². The molecule has 0 fully saturated rings. The van der Waals surface area contributed by atoms with Crippen LogP contribution in [0.3, 0.4) is 0 Å². The SMILES string of the molecule is CN(CC1C=Cc2ccccc2C1)C1=CCCC=C1. The Morgan fingerprint density at radius 1 is 1.16 bits per heavy atom. The lowest BCUT2D eigenvalue weighted by Crippen LogP contribution is -2.26. The third kappa shape index (κ3) is 2.81. The summed E-state index contributed by atoms with van der Waals surface area (Å²) in [5.74, 6) is 0.621. The lowest BCUT2D eigenvalue weighted by Gasteiger charge is -2.28.